The molecule has 0 fully saturated rings. The molecule has 0 spiro atoms. The molecule has 2 aromatic heterocycles. The number of anilines is 1. The standard InChI is InChI=1S/C14H12N4/c1-9-4-2-3-5-12(9)10-6-11-8-17-14(15)18-13(11)16-7-10/h2-8H,1H3,(H2,15,16,17,18). The third-order valence-corrected chi connectivity index (χ3v) is 2.91. The van der Waals surface area contributed by atoms with Crippen LogP contribution in [0.2, 0.25) is 0 Å². The van der Waals surface area contributed by atoms with Gasteiger partial charge in [-0.3, -0.25) is 0 Å². The molecule has 0 atom stereocenters. The molecule has 0 aliphatic rings. The molecule has 3 rings (SSSR count). The van der Waals surface area contributed by atoms with E-state index in [0.29, 0.717) is 5.65 Å². The molecule has 0 saturated carbocycles. The van der Waals surface area contributed by atoms with Crippen molar-refractivity contribution in [2.45, 2.75) is 6.92 Å². The zero-order valence-electron chi connectivity index (χ0n) is 9.96. The van der Waals surface area contributed by atoms with E-state index in [2.05, 4.69) is 34.0 Å². The van der Waals surface area contributed by atoms with Crippen LogP contribution in [0.25, 0.3) is 22.2 Å². The summed E-state index contributed by atoms with van der Waals surface area (Å²) < 4.78 is 0. The maximum atomic E-state index is 5.53. The summed E-state index contributed by atoms with van der Waals surface area (Å²) in [6, 6.07) is 10.2. The Morgan fingerprint density at radius 3 is 2.72 bits per heavy atom. The van der Waals surface area contributed by atoms with Crippen LogP contribution in [-0.4, -0.2) is 15.0 Å². The highest BCUT2D eigenvalue weighted by Gasteiger charge is 2.04. The zero-order valence-corrected chi connectivity index (χ0v) is 9.96. The minimum absolute atomic E-state index is 0.249. The molecule has 2 heterocycles. The van der Waals surface area contributed by atoms with Gasteiger partial charge in [-0.1, -0.05) is 24.3 Å². The molecule has 0 saturated heterocycles. The average Bonchev–Trinajstić information content (AvgIpc) is 2.39. The lowest BCUT2D eigenvalue weighted by Crippen LogP contribution is -1.96. The first-order valence-corrected chi connectivity index (χ1v) is 5.68. The molecule has 2 N–H and O–H groups in total. The Balaban J connectivity index is 2.20. The highest BCUT2D eigenvalue weighted by Crippen LogP contribution is 2.24. The number of hydrogen-bond donors (Lipinski definition) is 1. The van der Waals surface area contributed by atoms with Gasteiger partial charge in [0.2, 0.25) is 5.95 Å². The molecule has 4 heteroatoms. The highest BCUT2D eigenvalue weighted by atomic mass is 15.0. The fourth-order valence-electron chi connectivity index (χ4n) is 1.98. The lowest BCUT2D eigenvalue weighted by Gasteiger charge is -2.06. The Hall–Kier alpha value is -2.49. The van der Waals surface area contributed by atoms with Gasteiger partial charge in [0.15, 0.2) is 5.65 Å². The molecule has 18 heavy (non-hydrogen) atoms. The Morgan fingerprint density at radius 1 is 1.06 bits per heavy atom. The second kappa shape index (κ2) is 4.07. The average molecular weight is 236 g/mol. The van der Waals surface area contributed by atoms with Crippen LogP contribution in [0.5, 0.6) is 0 Å². The third kappa shape index (κ3) is 1.78. The maximum absolute atomic E-state index is 5.53. The van der Waals surface area contributed by atoms with Gasteiger partial charge < -0.3 is 5.73 Å². The van der Waals surface area contributed by atoms with Crippen molar-refractivity contribution in [1.82, 2.24) is 15.0 Å². The molecule has 0 aliphatic heterocycles. The van der Waals surface area contributed by atoms with Crippen molar-refractivity contribution in [3.05, 3.63) is 48.3 Å². The fourth-order valence-corrected chi connectivity index (χ4v) is 1.98. The second-order valence-corrected chi connectivity index (χ2v) is 4.18. The normalized spacial score (nSPS) is 10.7. The number of aryl methyl sites for hydroxylation is 1. The summed E-state index contributed by atoms with van der Waals surface area (Å²) in [5.74, 6) is 0.249. The number of aromatic nitrogens is 3. The van der Waals surface area contributed by atoms with E-state index in [4.69, 9.17) is 5.73 Å². The quantitative estimate of drug-likeness (QED) is 0.705. The van der Waals surface area contributed by atoms with E-state index in [0.717, 1.165) is 10.9 Å². The van der Waals surface area contributed by atoms with E-state index in [-0.39, 0.29) is 5.95 Å². The predicted molar refractivity (Wildman–Crippen MR) is 71.9 cm³/mol. The Bertz CT molecular complexity index is 722. The molecule has 0 aliphatic carbocycles. The summed E-state index contributed by atoms with van der Waals surface area (Å²) in [4.78, 5) is 12.4. The van der Waals surface area contributed by atoms with Gasteiger partial charge in [0.1, 0.15) is 0 Å². The Labute approximate surface area is 105 Å². The van der Waals surface area contributed by atoms with Gasteiger partial charge in [-0.05, 0) is 24.1 Å². The predicted octanol–water partition coefficient (Wildman–Crippen LogP) is 2.58. The van der Waals surface area contributed by atoms with Gasteiger partial charge in [0.25, 0.3) is 0 Å². The van der Waals surface area contributed by atoms with Gasteiger partial charge in [-0.2, -0.15) is 4.98 Å². The van der Waals surface area contributed by atoms with Gasteiger partial charge in [0, 0.05) is 23.3 Å². The molecule has 0 radical (unpaired) electrons. The van der Waals surface area contributed by atoms with Crippen molar-refractivity contribution in [1.29, 1.82) is 0 Å². The van der Waals surface area contributed by atoms with Gasteiger partial charge >= 0.3 is 0 Å². The largest absolute Gasteiger partial charge is 0.368 e. The number of benzene rings is 1. The van der Waals surface area contributed by atoms with Crippen LogP contribution in [0, 0.1) is 6.92 Å². The molecule has 88 valence electrons. The summed E-state index contributed by atoms with van der Waals surface area (Å²) in [6.07, 6.45) is 3.52. The molecule has 0 amide bonds. The summed E-state index contributed by atoms with van der Waals surface area (Å²) in [5.41, 5.74) is 9.61. The Morgan fingerprint density at radius 2 is 1.89 bits per heavy atom. The van der Waals surface area contributed by atoms with Crippen LogP contribution >= 0.6 is 0 Å². The summed E-state index contributed by atoms with van der Waals surface area (Å²) in [6.45, 7) is 2.08. The number of rotatable bonds is 1. The van der Waals surface area contributed by atoms with Crippen molar-refractivity contribution in [3.8, 4) is 11.1 Å². The third-order valence-electron chi connectivity index (χ3n) is 2.91. The first-order valence-electron chi connectivity index (χ1n) is 5.68. The number of nitrogens with two attached hydrogens (primary N) is 1. The van der Waals surface area contributed by atoms with E-state index in [9.17, 15) is 0 Å². The molecule has 0 bridgehead atoms. The van der Waals surface area contributed by atoms with Gasteiger partial charge in [0.05, 0.1) is 0 Å². The molecule has 4 nitrogen and oxygen atoms in total. The highest BCUT2D eigenvalue weighted by molar-refractivity contribution is 5.81. The topological polar surface area (TPSA) is 64.7 Å². The molecule has 3 aromatic rings. The number of pyridine rings is 1. The van der Waals surface area contributed by atoms with Crippen LogP contribution in [-0.2, 0) is 0 Å². The Kier molecular flexibility index (Phi) is 2.41. The van der Waals surface area contributed by atoms with Crippen LogP contribution in [0.4, 0.5) is 5.95 Å². The van der Waals surface area contributed by atoms with Gasteiger partial charge in [-0.25, -0.2) is 9.97 Å². The first kappa shape index (κ1) is 10.7. The second-order valence-electron chi connectivity index (χ2n) is 4.18. The first-order chi connectivity index (χ1) is 8.74. The maximum Gasteiger partial charge on any atom is 0.222 e. The van der Waals surface area contributed by atoms with Gasteiger partial charge in [-0.15, -0.1) is 0 Å². The minimum Gasteiger partial charge on any atom is -0.368 e. The minimum atomic E-state index is 0.249. The summed E-state index contributed by atoms with van der Waals surface area (Å²) in [5, 5.41) is 0.893. The molecule has 1 aromatic carbocycles. The molecular weight excluding hydrogens is 224 g/mol. The van der Waals surface area contributed by atoms with E-state index in [1.807, 2.05) is 24.4 Å². The lowest BCUT2D eigenvalue weighted by atomic mass is 10.0. The number of fused-ring (bicyclic) bond motifs is 1. The van der Waals surface area contributed by atoms with Crippen LogP contribution in [0.1, 0.15) is 5.56 Å². The zero-order chi connectivity index (χ0) is 12.5. The van der Waals surface area contributed by atoms with E-state index < -0.39 is 0 Å². The lowest BCUT2D eigenvalue weighted by molar-refractivity contribution is 1.20. The van der Waals surface area contributed by atoms with E-state index >= 15 is 0 Å². The van der Waals surface area contributed by atoms with Crippen LogP contribution < -0.4 is 5.73 Å². The van der Waals surface area contributed by atoms with Crippen molar-refractivity contribution >= 4 is 17.0 Å². The van der Waals surface area contributed by atoms with Crippen molar-refractivity contribution < 1.29 is 0 Å². The van der Waals surface area contributed by atoms with Crippen molar-refractivity contribution in [3.63, 3.8) is 0 Å². The number of nitrogen functional groups attached to an aromatic ring is 1. The number of hydrogen-bond acceptors (Lipinski definition) is 4. The van der Waals surface area contributed by atoms with Crippen molar-refractivity contribution in [2.24, 2.45) is 0 Å². The number of nitrogens with zero attached hydrogens (tertiary/aromatic N) is 3. The smallest absolute Gasteiger partial charge is 0.222 e. The summed E-state index contributed by atoms with van der Waals surface area (Å²) >= 11 is 0. The van der Waals surface area contributed by atoms with Crippen LogP contribution in [0.15, 0.2) is 42.7 Å². The van der Waals surface area contributed by atoms with Crippen molar-refractivity contribution in [2.75, 3.05) is 5.73 Å². The fraction of sp³-hybridized carbons (Fsp3) is 0.0714. The SMILES string of the molecule is Cc1ccccc1-c1cnc2nc(N)ncc2c1. The monoisotopic (exact) mass is 236 g/mol. The van der Waals surface area contributed by atoms with E-state index in [1.165, 1.54) is 11.1 Å². The van der Waals surface area contributed by atoms with Crippen LogP contribution in [0.3, 0.4) is 0 Å². The van der Waals surface area contributed by atoms with E-state index in [1.54, 1.807) is 6.20 Å². The molecular formula is C14H12N4. The summed E-state index contributed by atoms with van der Waals surface area (Å²) in [7, 11) is 0. The molecule has 0 unspecified atom stereocenters.